The van der Waals surface area contributed by atoms with E-state index in [0.717, 1.165) is 6.42 Å². The molecule has 0 fully saturated rings. The fraction of sp³-hybridized carbons (Fsp3) is 0.222. The summed E-state index contributed by atoms with van der Waals surface area (Å²) in [6.07, 6.45) is 2.33. The molecule has 0 amide bonds. The summed E-state index contributed by atoms with van der Waals surface area (Å²) in [6.45, 7) is 1.30. The van der Waals surface area contributed by atoms with Gasteiger partial charge in [0.15, 0.2) is 23.3 Å². The highest BCUT2D eigenvalue weighted by molar-refractivity contribution is 7.98. The minimum Gasteiger partial charge on any atom is -0.203 e. The molecule has 0 unspecified atom stereocenters. The molecule has 0 aliphatic rings. The van der Waals surface area contributed by atoms with Gasteiger partial charge in [-0.05, 0) is 12.7 Å². The summed E-state index contributed by atoms with van der Waals surface area (Å²) in [5.74, 6) is -5.39. The Kier molecular flexibility index (Phi) is 3.42. The Morgan fingerprint density at radius 1 is 0.929 bits per heavy atom. The molecule has 0 atom stereocenters. The van der Waals surface area contributed by atoms with E-state index in [1.165, 1.54) is 13.2 Å². The van der Waals surface area contributed by atoms with Crippen LogP contribution in [0.5, 0.6) is 0 Å². The molecule has 0 saturated carbocycles. The summed E-state index contributed by atoms with van der Waals surface area (Å²) in [5, 5.41) is 0. The summed E-state index contributed by atoms with van der Waals surface area (Å²) >= 11 is 0.626. The molecule has 0 spiro atoms. The molecule has 0 aromatic heterocycles. The fourth-order valence-electron chi connectivity index (χ4n) is 1.06. The number of thioether (sulfide) groups is 1. The molecule has 1 radical (unpaired) electrons. The van der Waals surface area contributed by atoms with Crippen molar-refractivity contribution in [3.63, 3.8) is 0 Å². The summed E-state index contributed by atoms with van der Waals surface area (Å²) in [6, 6.07) is 0. The van der Waals surface area contributed by atoms with E-state index in [1.807, 2.05) is 0 Å². The maximum atomic E-state index is 13.1. The third kappa shape index (κ3) is 1.61. The third-order valence-electron chi connectivity index (χ3n) is 1.75. The van der Waals surface area contributed by atoms with Gasteiger partial charge < -0.3 is 0 Å². The summed E-state index contributed by atoms with van der Waals surface area (Å²) < 4.78 is 52.3. The number of benzene rings is 1. The minimum absolute atomic E-state index is 0.626. The molecule has 1 aromatic rings. The molecule has 0 aliphatic heterocycles. The van der Waals surface area contributed by atoms with Gasteiger partial charge in [0.25, 0.3) is 0 Å². The lowest BCUT2D eigenvalue weighted by Crippen LogP contribution is -2.03. The minimum atomic E-state index is -1.35. The Labute approximate surface area is 83.3 Å². The zero-order valence-corrected chi connectivity index (χ0v) is 8.31. The first-order valence-corrected chi connectivity index (χ1v) is 4.96. The monoisotopic (exact) mass is 223 g/mol. The lowest BCUT2D eigenvalue weighted by atomic mass is 10.1. The van der Waals surface area contributed by atoms with E-state index < -0.39 is 33.7 Å². The second-order valence-corrected chi connectivity index (χ2v) is 3.31. The van der Waals surface area contributed by atoms with Gasteiger partial charge >= 0.3 is 0 Å². The molecule has 5 heteroatoms. The van der Waals surface area contributed by atoms with Crippen molar-refractivity contribution in [2.75, 3.05) is 6.26 Å². The van der Waals surface area contributed by atoms with Crippen LogP contribution in [0.15, 0.2) is 4.90 Å². The molecule has 1 rings (SSSR count). The van der Waals surface area contributed by atoms with E-state index >= 15 is 0 Å². The largest absolute Gasteiger partial charge is 0.203 e. The molecular weight excluding hydrogens is 216 g/mol. The van der Waals surface area contributed by atoms with Crippen LogP contribution in [0.1, 0.15) is 12.5 Å². The molecule has 1 aromatic carbocycles. The Morgan fingerprint density at radius 3 is 1.64 bits per heavy atom. The second kappa shape index (κ2) is 4.21. The van der Waals surface area contributed by atoms with Gasteiger partial charge in [-0.1, -0.05) is 6.92 Å². The van der Waals surface area contributed by atoms with E-state index in [4.69, 9.17) is 0 Å². The van der Waals surface area contributed by atoms with Gasteiger partial charge in [-0.25, -0.2) is 17.6 Å². The first-order chi connectivity index (χ1) is 6.54. The van der Waals surface area contributed by atoms with Crippen molar-refractivity contribution in [2.24, 2.45) is 0 Å². The highest BCUT2D eigenvalue weighted by Crippen LogP contribution is 2.30. The molecule has 0 N–H and O–H groups in total. The average molecular weight is 223 g/mol. The highest BCUT2D eigenvalue weighted by Gasteiger charge is 2.23. The van der Waals surface area contributed by atoms with E-state index in [-0.39, 0.29) is 0 Å². The predicted octanol–water partition coefficient (Wildman–Crippen LogP) is 3.54. The lowest BCUT2D eigenvalue weighted by Gasteiger charge is -2.08. The Bertz CT molecular complexity index is 298. The van der Waals surface area contributed by atoms with Gasteiger partial charge in [0.1, 0.15) is 0 Å². The second-order valence-electron chi connectivity index (χ2n) is 2.49. The fourth-order valence-corrected chi connectivity index (χ4v) is 1.60. The first kappa shape index (κ1) is 11.4. The highest BCUT2D eigenvalue weighted by atomic mass is 32.2. The van der Waals surface area contributed by atoms with E-state index in [1.54, 1.807) is 0 Å². The van der Waals surface area contributed by atoms with Gasteiger partial charge in [-0.15, -0.1) is 11.8 Å². The van der Waals surface area contributed by atoms with Crippen LogP contribution < -0.4 is 0 Å². The number of halogens is 4. The van der Waals surface area contributed by atoms with E-state index in [0.29, 0.717) is 11.8 Å². The van der Waals surface area contributed by atoms with Gasteiger partial charge in [0.05, 0.1) is 4.90 Å². The van der Waals surface area contributed by atoms with Crippen LogP contribution >= 0.6 is 11.8 Å². The molecule has 0 nitrogen and oxygen atoms in total. The van der Waals surface area contributed by atoms with Crippen molar-refractivity contribution in [3.05, 3.63) is 35.3 Å². The zero-order chi connectivity index (χ0) is 10.9. The maximum absolute atomic E-state index is 13.1. The smallest absolute Gasteiger partial charge is 0.175 e. The van der Waals surface area contributed by atoms with E-state index in [2.05, 4.69) is 0 Å². The standard InChI is InChI=1S/C9H7F4S/c1-3-4-5(10)7(12)9(14-2)8(13)6(4)11/h3H,1-2H3. The SMILES string of the molecule is C[CH]c1c(F)c(F)c(SC)c(F)c1F. The maximum Gasteiger partial charge on any atom is 0.175 e. The van der Waals surface area contributed by atoms with Crippen molar-refractivity contribution >= 4 is 11.8 Å². The summed E-state index contributed by atoms with van der Waals surface area (Å²) in [7, 11) is 0. The Morgan fingerprint density at radius 2 is 1.36 bits per heavy atom. The molecular formula is C9H7F4S. The van der Waals surface area contributed by atoms with Crippen LogP contribution in [0.4, 0.5) is 17.6 Å². The van der Waals surface area contributed by atoms with Gasteiger partial charge in [0.2, 0.25) is 0 Å². The van der Waals surface area contributed by atoms with Crippen LogP contribution in [-0.4, -0.2) is 6.26 Å². The zero-order valence-electron chi connectivity index (χ0n) is 7.50. The number of rotatable bonds is 2. The summed E-state index contributed by atoms with van der Waals surface area (Å²) in [5.41, 5.74) is -0.669. The first-order valence-electron chi connectivity index (χ1n) is 3.73. The van der Waals surface area contributed by atoms with Crippen molar-refractivity contribution < 1.29 is 17.6 Å². The quantitative estimate of drug-likeness (QED) is 0.420. The van der Waals surface area contributed by atoms with Crippen LogP contribution in [0.2, 0.25) is 0 Å². The van der Waals surface area contributed by atoms with Crippen LogP contribution in [0.25, 0.3) is 0 Å². The number of hydrogen-bond donors (Lipinski definition) is 0. The van der Waals surface area contributed by atoms with Crippen molar-refractivity contribution in [3.8, 4) is 0 Å². The van der Waals surface area contributed by atoms with Crippen molar-refractivity contribution in [1.29, 1.82) is 0 Å². The van der Waals surface area contributed by atoms with Crippen molar-refractivity contribution in [2.45, 2.75) is 11.8 Å². The Hall–Kier alpha value is -0.710. The van der Waals surface area contributed by atoms with Gasteiger partial charge in [-0.3, -0.25) is 0 Å². The average Bonchev–Trinajstić information content (AvgIpc) is 2.17. The van der Waals surface area contributed by atoms with E-state index in [9.17, 15) is 17.6 Å². The molecule has 77 valence electrons. The molecule has 14 heavy (non-hydrogen) atoms. The van der Waals surface area contributed by atoms with Crippen LogP contribution in [-0.2, 0) is 0 Å². The number of hydrogen-bond acceptors (Lipinski definition) is 1. The predicted molar refractivity (Wildman–Crippen MR) is 47.1 cm³/mol. The molecule has 0 aliphatic carbocycles. The van der Waals surface area contributed by atoms with Gasteiger partial charge in [0, 0.05) is 5.56 Å². The topological polar surface area (TPSA) is 0 Å². The third-order valence-corrected chi connectivity index (χ3v) is 2.52. The lowest BCUT2D eigenvalue weighted by molar-refractivity contribution is 0.420. The van der Waals surface area contributed by atoms with Crippen LogP contribution in [0.3, 0.4) is 0 Å². The van der Waals surface area contributed by atoms with Crippen LogP contribution in [0, 0.1) is 29.7 Å². The molecule has 0 bridgehead atoms. The van der Waals surface area contributed by atoms with Crippen molar-refractivity contribution in [1.82, 2.24) is 0 Å². The molecule has 0 saturated heterocycles. The molecule has 0 heterocycles. The Balaban J connectivity index is 3.55. The summed E-state index contributed by atoms with van der Waals surface area (Å²) in [4.78, 5) is -0.634. The van der Waals surface area contributed by atoms with Gasteiger partial charge in [-0.2, -0.15) is 0 Å². The normalized spacial score (nSPS) is 10.7.